The number of morpholine rings is 1. The number of ether oxygens (including phenoxy) is 3. The Bertz CT molecular complexity index is 506. The molecule has 3 rings (SSSR count). The Kier molecular flexibility index (Phi) is 3.75. The monoisotopic (exact) mass is 278 g/mol. The number of nitrogens with two attached hydrogens (primary N) is 1. The van der Waals surface area contributed by atoms with Gasteiger partial charge in [0.25, 0.3) is 5.91 Å². The highest BCUT2D eigenvalue weighted by Crippen LogP contribution is 2.34. The van der Waals surface area contributed by atoms with Crippen LogP contribution in [0.4, 0.5) is 0 Å². The van der Waals surface area contributed by atoms with Crippen LogP contribution in [0.25, 0.3) is 0 Å². The molecule has 108 valence electrons. The maximum Gasteiger partial charge on any atom is 0.257 e. The number of carbonyl (C=O) groups is 1. The molecule has 2 N–H and O–H groups in total. The molecular weight excluding hydrogens is 260 g/mol. The number of rotatable bonds is 2. The average Bonchev–Trinajstić information content (AvgIpc) is 2.53. The van der Waals surface area contributed by atoms with E-state index < -0.39 is 0 Å². The maximum atomic E-state index is 12.6. The van der Waals surface area contributed by atoms with Gasteiger partial charge >= 0.3 is 0 Å². The number of hydrogen-bond donors (Lipinski definition) is 1. The van der Waals surface area contributed by atoms with Gasteiger partial charge in [0.2, 0.25) is 0 Å². The van der Waals surface area contributed by atoms with Crippen LogP contribution in [-0.2, 0) is 4.74 Å². The zero-order valence-corrected chi connectivity index (χ0v) is 11.2. The van der Waals surface area contributed by atoms with Gasteiger partial charge in [0, 0.05) is 19.6 Å². The van der Waals surface area contributed by atoms with Crippen LogP contribution in [0.15, 0.2) is 18.2 Å². The first-order valence-corrected chi connectivity index (χ1v) is 6.79. The SMILES string of the molecule is NCC1CN(C(=O)c2cccc3c2OCCO3)CCO1. The van der Waals surface area contributed by atoms with Crippen LogP contribution in [0.1, 0.15) is 10.4 Å². The number of benzene rings is 1. The van der Waals surface area contributed by atoms with E-state index in [9.17, 15) is 4.79 Å². The van der Waals surface area contributed by atoms with Gasteiger partial charge < -0.3 is 24.8 Å². The first kappa shape index (κ1) is 13.2. The quantitative estimate of drug-likeness (QED) is 0.840. The van der Waals surface area contributed by atoms with Crippen LogP contribution in [0.5, 0.6) is 11.5 Å². The second-order valence-corrected chi connectivity index (χ2v) is 4.81. The lowest BCUT2D eigenvalue weighted by atomic mass is 10.1. The second kappa shape index (κ2) is 5.68. The molecule has 0 spiro atoms. The van der Waals surface area contributed by atoms with Crippen molar-refractivity contribution in [2.45, 2.75) is 6.10 Å². The van der Waals surface area contributed by atoms with Gasteiger partial charge in [0.15, 0.2) is 11.5 Å². The molecule has 0 bridgehead atoms. The smallest absolute Gasteiger partial charge is 0.257 e. The fourth-order valence-electron chi connectivity index (χ4n) is 2.46. The number of para-hydroxylation sites is 1. The number of carbonyl (C=O) groups excluding carboxylic acids is 1. The lowest BCUT2D eigenvalue weighted by molar-refractivity contribution is -0.0169. The molecule has 6 nitrogen and oxygen atoms in total. The Morgan fingerprint density at radius 3 is 3.00 bits per heavy atom. The normalized spacial score (nSPS) is 21.6. The van der Waals surface area contributed by atoms with E-state index in [2.05, 4.69) is 0 Å². The predicted molar refractivity (Wildman–Crippen MR) is 72.1 cm³/mol. The Morgan fingerprint density at radius 2 is 2.15 bits per heavy atom. The van der Waals surface area contributed by atoms with E-state index in [4.69, 9.17) is 19.9 Å². The van der Waals surface area contributed by atoms with E-state index in [-0.39, 0.29) is 12.0 Å². The fourth-order valence-corrected chi connectivity index (χ4v) is 2.46. The van der Waals surface area contributed by atoms with E-state index in [0.717, 1.165) is 0 Å². The molecule has 20 heavy (non-hydrogen) atoms. The molecule has 1 unspecified atom stereocenters. The lowest BCUT2D eigenvalue weighted by Gasteiger charge is -2.33. The van der Waals surface area contributed by atoms with Gasteiger partial charge in [-0.15, -0.1) is 0 Å². The standard InChI is InChI=1S/C14H18N2O4/c15-8-10-9-16(4-5-18-10)14(17)11-2-1-3-12-13(11)20-7-6-19-12/h1-3,10H,4-9,15H2. The predicted octanol–water partition coefficient (Wildman–Crippen LogP) is 0.257. The van der Waals surface area contributed by atoms with E-state index >= 15 is 0 Å². The van der Waals surface area contributed by atoms with Crippen molar-refractivity contribution in [2.24, 2.45) is 5.73 Å². The van der Waals surface area contributed by atoms with Crippen molar-refractivity contribution < 1.29 is 19.0 Å². The molecule has 2 heterocycles. The highest BCUT2D eigenvalue weighted by Gasteiger charge is 2.28. The number of nitrogens with zero attached hydrogens (tertiary/aromatic N) is 1. The maximum absolute atomic E-state index is 12.6. The third kappa shape index (κ3) is 2.44. The van der Waals surface area contributed by atoms with Crippen molar-refractivity contribution in [3.63, 3.8) is 0 Å². The van der Waals surface area contributed by atoms with Crippen LogP contribution in [0, 0.1) is 0 Å². The van der Waals surface area contributed by atoms with Gasteiger partial charge in [0.05, 0.1) is 18.3 Å². The van der Waals surface area contributed by atoms with E-state index in [1.165, 1.54) is 0 Å². The number of fused-ring (bicyclic) bond motifs is 1. The Labute approximate surface area is 117 Å². The summed E-state index contributed by atoms with van der Waals surface area (Å²) in [6.07, 6.45) is -0.0931. The van der Waals surface area contributed by atoms with Gasteiger partial charge in [-0.3, -0.25) is 4.79 Å². The molecule has 2 aliphatic heterocycles. The van der Waals surface area contributed by atoms with Crippen LogP contribution in [0.3, 0.4) is 0 Å². The molecule has 6 heteroatoms. The molecule has 0 aromatic heterocycles. The minimum absolute atomic E-state index is 0.0610. The molecule has 2 aliphatic rings. The molecule has 1 saturated heterocycles. The third-order valence-corrected chi connectivity index (χ3v) is 3.49. The highest BCUT2D eigenvalue weighted by molar-refractivity contribution is 5.98. The van der Waals surface area contributed by atoms with Gasteiger partial charge in [-0.2, -0.15) is 0 Å². The third-order valence-electron chi connectivity index (χ3n) is 3.49. The van der Waals surface area contributed by atoms with E-state index in [0.29, 0.717) is 56.5 Å². The zero-order valence-electron chi connectivity index (χ0n) is 11.2. The summed E-state index contributed by atoms with van der Waals surface area (Å²) < 4.78 is 16.6. The molecular formula is C14H18N2O4. The zero-order chi connectivity index (χ0) is 13.9. The molecule has 0 saturated carbocycles. The molecule has 1 fully saturated rings. The van der Waals surface area contributed by atoms with Crippen molar-refractivity contribution in [2.75, 3.05) is 39.5 Å². The van der Waals surface area contributed by atoms with Gasteiger partial charge in [-0.1, -0.05) is 6.07 Å². The summed E-state index contributed by atoms with van der Waals surface area (Å²) in [6.45, 7) is 2.99. The molecule has 0 radical (unpaired) electrons. The van der Waals surface area contributed by atoms with Crippen molar-refractivity contribution in [3.05, 3.63) is 23.8 Å². The van der Waals surface area contributed by atoms with Crippen molar-refractivity contribution in [1.82, 2.24) is 4.90 Å². The van der Waals surface area contributed by atoms with Crippen LogP contribution < -0.4 is 15.2 Å². The van der Waals surface area contributed by atoms with Crippen LogP contribution >= 0.6 is 0 Å². The summed E-state index contributed by atoms with van der Waals surface area (Å²) in [5, 5.41) is 0. The Morgan fingerprint density at radius 1 is 1.30 bits per heavy atom. The first-order chi connectivity index (χ1) is 9.79. The largest absolute Gasteiger partial charge is 0.486 e. The summed E-state index contributed by atoms with van der Waals surface area (Å²) in [5.74, 6) is 1.11. The molecule has 1 atom stereocenters. The van der Waals surface area contributed by atoms with Crippen molar-refractivity contribution >= 4 is 5.91 Å². The fraction of sp³-hybridized carbons (Fsp3) is 0.500. The average molecular weight is 278 g/mol. The molecule has 1 aromatic rings. The Balaban J connectivity index is 1.83. The summed E-state index contributed by atoms with van der Waals surface area (Å²) >= 11 is 0. The number of hydrogen-bond acceptors (Lipinski definition) is 5. The lowest BCUT2D eigenvalue weighted by Crippen LogP contribution is -2.48. The summed E-state index contributed by atoms with van der Waals surface area (Å²) in [5.41, 5.74) is 6.15. The minimum Gasteiger partial charge on any atom is -0.486 e. The van der Waals surface area contributed by atoms with E-state index in [1.807, 2.05) is 12.1 Å². The van der Waals surface area contributed by atoms with Crippen molar-refractivity contribution in [3.8, 4) is 11.5 Å². The Hall–Kier alpha value is -1.79. The van der Waals surface area contributed by atoms with Crippen molar-refractivity contribution in [1.29, 1.82) is 0 Å². The minimum atomic E-state index is -0.0931. The van der Waals surface area contributed by atoms with Crippen LogP contribution in [0.2, 0.25) is 0 Å². The topological polar surface area (TPSA) is 74.0 Å². The van der Waals surface area contributed by atoms with E-state index in [1.54, 1.807) is 11.0 Å². The summed E-state index contributed by atoms with van der Waals surface area (Å²) in [7, 11) is 0. The molecule has 1 amide bonds. The van der Waals surface area contributed by atoms with Gasteiger partial charge in [-0.25, -0.2) is 0 Å². The highest BCUT2D eigenvalue weighted by atomic mass is 16.6. The number of amides is 1. The summed E-state index contributed by atoms with van der Waals surface area (Å²) in [6, 6.07) is 5.39. The second-order valence-electron chi connectivity index (χ2n) is 4.81. The molecule has 1 aromatic carbocycles. The molecule has 0 aliphatic carbocycles. The van der Waals surface area contributed by atoms with Crippen LogP contribution in [-0.4, -0.2) is 56.4 Å². The first-order valence-electron chi connectivity index (χ1n) is 6.79. The van der Waals surface area contributed by atoms with Gasteiger partial charge in [-0.05, 0) is 12.1 Å². The van der Waals surface area contributed by atoms with Gasteiger partial charge in [0.1, 0.15) is 13.2 Å². The summed E-state index contributed by atoms with van der Waals surface area (Å²) in [4.78, 5) is 14.4.